The number of nitro groups is 1. The Bertz CT molecular complexity index is 1790. The van der Waals surface area contributed by atoms with Crippen LogP contribution >= 0.6 is 27.3 Å². The van der Waals surface area contributed by atoms with Gasteiger partial charge in [-0.2, -0.15) is 0 Å². The van der Waals surface area contributed by atoms with E-state index in [1.54, 1.807) is 58.0 Å². The zero-order chi connectivity index (χ0) is 31.6. The zero-order valence-electron chi connectivity index (χ0n) is 24.8. The van der Waals surface area contributed by atoms with E-state index in [0.717, 1.165) is 11.3 Å². The molecular formula is C30H32BrN3O8S. The van der Waals surface area contributed by atoms with Crippen LogP contribution in [0.1, 0.15) is 58.7 Å². The second kappa shape index (κ2) is 13.1. The molecule has 2 aromatic carbocycles. The van der Waals surface area contributed by atoms with E-state index in [4.69, 9.17) is 18.9 Å². The smallest absolute Gasteiger partial charge is 0.338 e. The summed E-state index contributed by atoms with van der Waals surface area (Å²) in [6, 6.07) is 7.36. The van der Waals surface area contributed by atoms with E-state index in [0.29, 0.717) is 37.6 Å². The predicted octanol–water partition coefficient (Wildman–Crippen LogP) is 5.05. The number of carbonyl (C=O) groups excluding carboxylic acids is 1. The van der Waals surface area contributed by atoms with Gasteiger partial charge in [0.25, 0.3) is 5.56 Å². The summed E-state index contributed by atoms with van der Waals surface area (Å²) >= 11 is 4.49. The molecule has 0 saturated carbocycles. The molecule has 1 aliphatic rings. The highest BCUT2D eigenvalue weighted by molar-refractivity contribution is 9.10. The van der Waals surface area contributed by atoms with Crippen LogP contribution < -0.4 is 29.1 Å². The van der Waals surface area contributed by atoms with Gasteiger partial charge in [0.15, 0.2) is 16.3 Å². The Kier molecular flexibility index (Phi) is 9.75. The van der Waals surface area contributed by atoms with Crippen LogP contribution in [0.5, 0.6) is 17.2 Å². The molecule has 0 saturated heterocycles. The third-order valence-corrected chi connectivity index (χ3v) is 7.85. The van der Waals surface area contributed by atoms with Crippen LogP contribution in [-0.4, -0.2) is 41.4 Å². The molecule has 43 heavy (non-hydrogen) atoms. The topological polar surface area (TPSA) is 131 Å². The Morgan fingerprint density at radius 2 is 1.86 bits per heavy atom. The molecule has 13 heteroatoms. The molecule has 0 N–H and O–H groups in total. The fourth-order valence-corrected chi connectivity index (χ4v) is 6.24. The van der Waals surface area contributed by atoms with E-state index in [2.05, 4.69) is 20.9 Å². The molecule has 2 heterocycles. The third-order valence-electron chi connectivity index (χ3n) is 6.28. The van der Waals surface area contributed by atoms with Crippen molar-refractivity contribution in [1.29, 1.82) is 0 Å². The monoisotopic (exact) mass is 673 g/mol. The lowest BCUT2D eigenvalue weighted by molar-refractivity contribution is -0.386. The summed E-state index contributed by atoms with van der Waals surface area (Å²) in [6.45, 7) is 10.9. The molecule has 0 fully saturated rings. The second-order valence-corrected chi connectivity index (χ2v) is 12.0. The maximum atomic E-state index is 14.0. The highest BCUT2D eigenvalue weighted by atomic mass is 79.9. The summed E-state index contributed by atoms with van der Waals surface area (Å²) in [5.41, 5.74) is 0.962. The van der Waals surface area contributed by atoms with Crippen LogP contribution in [0.15, 0.2) is 55.9 Å². The number of hydrogen-bond acceptors (Lipinski definition) is 10. The first-order valence-electron chi connectivity index (χ1n) is 13.5. The molecule has 0 amide bonds. The lowest BCUT2D eigenvalue weighted by Gasteiger charge is -2.25. The number of thiazole rings is 1. The maximum absolute atomic E-state index is 14.0. The molecule has 0 radical (unpaired) electrons. The number of allylic oxidation sites excluding steroid dienone is 1. The second-order valence-electron chi connectivity index (χ2n) is 10.2. The maximum Gasteiger partial charge on any atom is 0.338 e. The van der Waals surface area contributed by atoms with Crippen molar-refractivity contribution in [3.8, 4) is 17.2 Å². The minimum Gasteiger partial charge on any atom is -0.493 e. The first-order valence-corrected chi connectivity index (χ1v) is 15.2. The number of fused-ring (bicyclic) bond motifs is 1. The van der Waals surface area contributed by atoms with Crippen LogP contribution in [0, 0.1) is 10.1 Å². The van der Waals surface area contributed by atoms with Crippen molar-refractivity contribution in [2.45, 2.75) is 59.8 Å². The van der Waals surface area contributed by atoms with E-state index < -0.39 is 22.5 Å². The van der Waals surface area contributed by atoms with Crippen LogP contribution in [0.25, 0.3) is 6.08 Å². The van der Waals surface area contributed by atoms with E-state index in [1.165, 1.54) is 17.7 Å². The minimum atomic E-state index is -0.873. The Labute approximate surface area is 260 Å². The van der Waals surface area contributed by atoms with Crippen LogP contribution in [-0.2, 0) is 9.53 Å². The number of methoxy groups -OCH3 is 1. The van der Waals surface area contributed by atoms with Gasteiger partial charge in [0, 0.05) is 6.07 Å². The van der Waals surface area contributed by atoms with Crippen molar-refractivity contribution in [3.63, 3.8) is 0 Å². The molecule has 0 bridgehead atoms. The van der Waals surface area contributed by atoms with Gasteiger partial charge in [-0.25, -0.2) is 9.79 Å². The van der Waals surface area contributed by atoms with E-state index in [1.807, 2.05) is 13.8 Å². The Balaban J connectivity index is 1.94. The molecule has 1 atom stereocenters. The van der Waals surface area contributed by atoms with Gasteiger partial charge in [-0.05, 0) is 92.9 Å². The lowest BCUT2D eigenvalue weighted by Crippen LogP contribution is -2.40. The molecule has 0 unspecified atom stereocenters. The number of rotatable bonds is 10. The Morgan fingerprint density at radius 1 is 1.16 bits per heavy atom. The highest BCUT2D eigenvalue weighted by Gasteiger charge is 2.34. The summed E-state index contributed by atoms with van der Waals surface area (Å²) in [7, 11) is 1.51. The van der Waals surface area contributed by atoms with Crippen molar-refractivity contribution < 1.29 is 28.7 Å². The first-order chi connectivity index (χ1) is 20.4. The zero-order valence-corrected chi connectivity index (χ0v) is 27.2. The number of nitrogens with zero attached hydrogens (tertiary/aromatic N) is 3. The van der Waals surface area contributed by atoms with Crippen molar-refractivity contribution in [3.05, 3.63) is 87.0 Å². The first kappa shape index (κ1) is 32.0. The fraction of sp³-hybridized carbons (Fsp3) is 0.367. The number of benzene rings is 2. The van der Waals surface area contributed by atoms with Gasteiger partial charge in [0.2, 0.25) is 5.75 Å². The predicted molar refractivity (Wildman–Crippen MR) is 166 cm³/mol. The average Bonchev–Trinajstić information content (AvgIpc) is 3.22. The molecule has 228 valence electrons. The largest absolute Gasteiger partial charge is 0.493 e. The number of halogens is 1. The number of nitro benzene ring substituents is 1. The Hall–Kier alpha value is -3.97. The van der Waals surface area contributed by atoms with Crippen molar-refractivity contribution in [1.82, 2.24) is 4.57 Å². The molecule has 3 aromatic rings. The normalized spacial score (nSPS) is 14.9. The van der Waals surface area contributed by atoms with Crippen molar-refractivity contribution in [2.24, 2.45) is 4.99 Å². The van der Waals surface area contributed by atoms with Gasteiger partial charge in [-0.1, -0.05) is 17.4 Å². The SMILES string of the molecule is CCOC(=O)C1=C(C)N=c2s/c(=C/c3cc(Br)c(OC(C)C)c([N+](=O)[O-])c3)c(=O)n2[C@@H]1c1ccc(OC(C)C)c(OC)c1. The van der Waals surface area contributed by atoms with Crippen LogP contribution in [0.4, 0.5) is 5.69 Å². The van der Waals surface area contributed by atoms with E-state index in [-0.39, 0.29) is 40.4 Å². The summed E-state index contributed by atoms with van der Waals surface area (Å²) < 4.78 is 24.6. The number of aromatic nitrogens is 1. The van der Waals surface area contributed by atoms with Gasteiger partial charge < -0.3 is 18.9 Å². The number of carbonyl (C=O) groups is 1. The molecular weight excluding hydrogens is 642 g/mol. The van der Waals surface area contributed by atoms with Gasteiger partial charge in [-0.3, -0.25) is 19.5 Å². The molecule has 0 spiro atoms. The summed E-state index contributed by atoms with van der Waals surface area (Å²) in [5.74, 6) is 0.466. The summed E-state index contributed by atoms with van der Waals surface area (Å²) in [4.78, 5) is 43.5. The molecule has 0 aliphatic carbocycles. The van der Waals surface area contributed by atoms with E-state index in [9.17, 15) is 19.7 Å². The van der Waals surface area contributed by atoms with Crippen LogP contribution in [0.3, 0.4) is 0 Å². The quantitative estimate of drug-likeness (QED) is 0.166. The number of hydrogen-bond donors (Lipinski definition) is 0. The molecule has 1 aliphatic heterocycles. The highest BCUT2D eigenvalue weighted by Crippen LogP contribution is 2.38. The summed E-state index contributed by atoms with van der Waals surface area (Å²) in [5, 5.41) is 11.9. The number of esters is 1. The van der Waals surface area contributed by atoms with Gasteiger partial charge >= 0.3 is 11.7 Å². The van der Waals surface area contributed by atoms with Gasteiger partial charge in [0.1, 0.15) is 0 Å². The lowest BCUT2D eigenvalue weighted by atomic mass is 9.95. The summed E-state index contributed by atoms with van der Waals surface area (Å²) in [6.07, 6.45) is 1.17. The molecule has 1 aromatic heterocycles. The molecule has 4 rings (SSSR count). The fourth-order valence-electron chi connectivity index (χ4n) is 4.63. The van der Waals surface area contributed by atoms with Crippen molar-refractivity contribution >= 4 is 45.0 Å². The number of ether oxygens (including phenoxy) is 4. The third kappa shape index (κ3) is 6.67. The standard InChI is InChI=1S/C30H32BrN3O8S/c1-8-40-29(36)25-17(6)32-30-33(26(25)19-9-10-22(41-15(2)3)23(14-19)39-7)28(35)24(43-30)13-18-11-20(31)27(42-16(4)5)21(12-18)34(37)38/h9-16,26H,8H2,1-7H3/b24-13+/t26-/m1/s1. The van der Waals surface area contributed by atoms with Crippen LogP contribution in [0.2, 0.25) is 0 Å². The average molecular weight is 675 g/mol. The van der Waals surface area contributed by atoms with Gasteiger partial charge in [-0.15, -0.1) is 0 Å². The van der Waals surface area contributed by atoms with Gasteiger partial charge in [0.05, 0.1) is 57.2 Å². The van der Waals surface area contributed by atoms with Crippen molar-refractivity contribution in [2.75, 3.05) is 13.7 Å². The Morgan fingerprint density at radius 3 is 2.47 bits per heavy atom. The molecule has 11 nitrogen and oxygen atoms in total. The van der Waals surface area contributed by atoms with E-state index >= 15 is 0 Å². The minimum absolute atomic E-state index is 0.100.